The van der Waals surface area contributed by atoms with Gasteiger partial charge in [-0.3, -0.25) is 15.1 Å². The number of hydrogen-bond acceptors (Lipinski definition) is 5. The Morgan fingerprint density at radius 3 is 2.62 bits per heavy atom. The zero-order valence-electron chi connectivity index (χ0n) is 12.2. The van der Waals surface area contributed by atoms with Crippen LogP contribution in [0.25, 0.3) is 0 Å². The van der Waals surface area contributed by atoms with Gasteiger partial charge in [-0.25, -0.2) is 9.18 Å². The van der Waals surface area contributed by atoms with Crippen LogP contribution in [0.5, 0.6) is 0 Å². The van der Waals surface area contributed by atoms with Crippen LogP contribution in [0.3, 0.4) is 0 Å². The van der Waals surface area contributed by atoms with E-state index in [-0.39, 0.29) is 12.1 Å². The molecular formula is C15H11FN4O4. The maximum absolute atomic E-state index is 13.4. The third-order valence-corrected chi connectivity index (χ3v) is 3.63. The first-order chi connectivity index (χ1) is 11.5. The molecule has 2 heterocycles. The van der Waals surface area contributed by atoms with Crippen molar-refractivity contribution in [3.05, 3.63) is 69.8 Å². The molecule has 0 aliphatic carbocycles. The summed E-state index contributed by atoms with van der Waals surface area (Å²) in [4.78, 5) is 25.3. The Hall–Kier alpha value is -3.36. The number of hydrazone groups is 1. The summed E-state index contributed by atoms with van der Waals surface area (Å²) in [6, 6.07) is 6.16. The average molecular weight is 330 g/mol. The van der Waals surface area contributed by atoms with Crippen LogP contribution in [0.4, 0.5) is 14.9 Å². The second-order valence-corrected chi connectivity index (χ2v) is 5.13. The standard InChI is InChI=1S/C15H11FN4O4/c16-11-5-10(7-17-8-11)14-6-13(18-19(14)15(21)22)9-1-3-12(4-2-9)20(23)24/h1-5,7-8,14H,6H2,(H,21,22)/t14-/m0/s1. The molecule has 24 heavy (non-hydrogen) atoms. The second kappa shape index (κ2) is 6.03. The Bertz CT molecular complexity index is 838. The number of benzene rings is 1. The Morgan fingerprint density at radius 2 is 2.04 bits per heavy atom. The lowest BCUT2D eigenvalue weighted by molar-refractivity contribution is -0.384. The summed E-state index contributed by atoms with van der Waals surface area (Å²) in [5.74, 6) is -0.568. The average Bonchev–Trinajstić information content (AvgIpc) is 3.00. The van der Waals surface area contributed by atoms with Gasteiger partial charge in [0.25, 0.3) is 5.69 Å². The van der Waals surface area contributed by atoms with E-state index in [4.69, 9.17) is 0 Å². The van der Waals surface area contributed by atoms with E-state index in [1.165, 1.54) is 36.5 Å². The molecule has 0 unspecified atom stereocenters. The zero-order chi connectivity index (χ0) is 17.3. The first kappa shape index (κ1) is 15.5. The fourth-order valence-electron chi connectivity index (χ4n) is 2.51. The van der Waals surface area contributed by atoms with Gasteiger partial charge in [0.05, 0.1) is 22.9 Å². The number of nitro benzene ring substituents is 1. The van der Waals surface area contributed by atoms with E-state index in [9.17, 15) is 24.4 Å². The molecule has 3 rings (SSSR count). The van der Waals surface area contributed by atoms with Crippen LogP contribution in [0.2, 0.25) is 0 Å². The lowest BCUT2D eigenvalue weighted by Crippen LogP contribution is -2.25. The largest absolute Gasteiger partial charge is 0.464 e. The Morgan fingerprint density at radius 1 is 1.33 bits per heavy atom. The number of halogens is 1. The monoisotopic (exact) mass is 330 g/mol. The number of pyridine rings is 1. The highest BCUT2D eigenvalue weighted by Gasteiger charge is 2.33. The summed E-state index contributed by atoms with van der Waals surface area (Å²) < 4.78 is 13.4. The molecule has 1 aromatic carbocycles. The van der Waals surface area contributed by atoms with Gasteiger partial charge in [-0.15, -0.1) is 0 Å². The van der Waals surface area contributed by atoms with E-state index < -0.39 is 22.9 Å². The van der Waals surface area contributed by atoms with Crippen LogP contribution >= 0.6 is 0 Å². The van der Waals surface area contributed by atoms with Crippen molar-refractivity contribution < 1.29 is 19.2 Å². The maximum Gasteiger partial charge on any atom is 0.428 e. The SMILES string of the molecule is O=C(O)N1N=C(c2ccc([N+](=O)[O-])cc2)C[C@H]1c1cncc(F)c1. The van der Waals surface area contributed by atoms with Crippen LogP contribution in [0.1, 0.15) is 23.6 Å². The van der Waals surface area contributed by atoms with Crippen molar-refractivity contribution in [2.45, 2.75) is 12.5 Å². The van der Waals surface area contributed by atoms with Crippen molar-refractivity contribution in [2.24, 2.45) is 5.10 Å². The summed E-state index contributed by atoms with van der Waals surface area (Å²) in [6.45, 7) is 0. The van der Waals surface area contributed by atoms with E-state index in [2.05, 4.69) is 10.1 Å². The molecule has 1 aliphatic heterocycles. The van der Waals surface area contributed by atoms with Crippen molar-refractivity contribution >= 4 is 17.5 Å². The van der Waals surface area contributed by atoms with Gasteiger partial charge in [-0.05, 0) is 29.3 Å². The lowest BCUT2D eigenvalue weighted by atomic mass is 9.99. The van der Waals surface area contributed by atoms with Crippen molar-refractivity contribution in [2.75, 3.05) is 0 Å². The van der Waals surface area contributed by atoms with Gasteiger partial charge < -0.3 is 5.11 Å². The summed E-state index contributed by atoms with van der Waals surface area (Å²) in [5.41, 5.74) is 1.33. The van der Waals surface area contributed by atoms with Gasteiger partial charge in [0.1, 0.15) is 5.82 Å². The van der Waals surface area contributed by atoms with E-state index in [1.807, 2.05) is 0 Å². The fourth-order valence-corrected chi connectivity index (χ4v) is 2.51. The third-order valence-electron chi connectivity index (χ3n) is 3.63. The van der Waals surface area contributed by atoms with Crippen molar-refractivity contribution in [1.29, 1.82) is 0 Å². The minimum Gasteiger partial charge on any atom is -0.464 e. The molecule has 2 aromatic rings. The van der Waals surface area contributed by atoms with Gasteiger partial charge in [-0.1, -0.05) is 0 Å². The normalized spacial score (nSPS) is 16.8. The highest BCUT2D eigenvalue weighted by Crippen LogP contribution is 2.32. The van der Waals surface area contributed by atoms with E-state index in [0.29, 0.717) is 16.8 Å². The molecule has 1 amide bonds. The molecule has 0 saturated heterocycles. The summed E-state index contributed by atoms with van der Waals surface area (Å²) in [6.07, 6.45) is 1.36. The molecule has 9 heteroatoms. The number of non-ortho nitro benzene ring substituents is 1. The van der Waals surface area contributed by atoms with Crippen molar-refractivity contribution in [1.82, 2.24) is 9.99 Å². The Labute approximate surface area is 135 Å². The van der Waals surface area contributed by atoms with Crippen LogP contribution in [-0.2, 0) is 0 Å². The minimum atomic E-state index is -1.28. The predicted molar refractivity (Wildman–Crippen MR) is 81.1 cm³/mol. The molecule has 0 spiro atoms. The van der Waals surface area contributed by atoms with Crippen molar-refractivity contribution in [3.8, 4) is 0 Å². The minimum absolute atomic E-state index is 0.0710. The quantitative estimate of drug-likeness (QED) is 0.687. The van der Waals surface area contributed by atoms with Gasteiger partial charge in [0.2, 0.25) is 0 Å². The fraction of sp³-hybridized carbons (Fsp3) is 0.133. The maximum atomic E-state index is 13.4. The smallest absolute Gasteiger partial charge is 0.428 e. The highest BCUT2D eigenvalue weighted by atomic mass is 19.1. The highest BCUT2D eigenvalue weighted by molar-refractivity contribution is 6.02. The van der Waals surface area contributed by atoms with Gasteiger partial charge >= 0.3 is 6.09 Å². The van der Waals surface area contributed by atoms with Gasteiger partial charge in [0.15, 0.2) is 0 Å². The molecule has 0 saturated carbocycles. The van der Waals surface area contributed by atoms with Crippen LogP contribution in [-0.4, -0.2) is 31.8 Å². The summed E-state index contributed by atoms with van der Waals surface area (Å²) in [5, 5.41) is 24.9. The molecule has 1 aliphatic rings. The molecule has 1 aromatic heterocycles. The number of nitro groups is 1. The number of carboxylic acid groups (broad SMARTS) is 1. The number of carbonyl (C=O) groups is 1. The number of amides is 1. The first-order valence-corrected chi connectivity index (χ1v) is 6.90. The zero-order valence-corrected chi connectivity index (χ0v) is 12.2. The number of aromatic nitrogens is 1. The lowest BCUT2D eigenvalue weighted by Gasteiger charge is -2.18. The van der Waals surface area contributed by atoms with Crippen LogP contribution < -0.4 is 0 Å². The Kier molecular flexibility index (Phi) is 3.90. The van der Waals surface area contributed by atoms with Crippen LogP contribution in [0, 0.1) is 15.9 Å². The van der Waals surface area contributed by atoms with Crippen molar-refractivity contribution in [3.63, 3.8) is 0 Å². The molecule has 0 fully saturated rings. The van der Waals surface area contributed by atoms with E-state index in [1.54, 1.807) is 0 Å². The third kappa shape index (κ3) is 2.91. The van der Waals surface area contributed by atoms with E-state index >= 15 is 0 Å². The molecule has 0 radical (unpaired) electrons. The first-order valence-electron chi connectivity index (χ1n) is 6.90. The topological polar surface area (TPSA) is 109 Å². The summed E-state index contributed by atoms with van der Waals surface area (Å²) in [7, 11) is 0. The van der Waals surface area contributed by atoms with E-state index in [0.717, 1.165) is 11.2 Å². The molecule has 8 nitrogen and oxygen atoms in total. The molecular weight excluding hydrogens is 319 g/mol. The molecule has 122 valence electrons. The molecule has 1 N–H and O–H groups in total. The second-order valence-electron chi connectivity index (χ2n) is 5.13. The predicted octanol–water partition coefficient (Wildman–Crippen LogP) is 2.96. The van der Waals surface area contributed by atoms with Gasteiger partial charge in [0, 0.05) is 24.8 Å². The molecule has 1 atom stereocenters. The number of rotatable bonds is 3. The molecule has 0 bridgehead atoms. The number of hydrogen-bond donors (Lipinski definition) is 1. The Balaban J connectivity index is 1.92. The summed E-state index contributed by atoms with van der Waals surface area (Å²) >= 11 is 0. The number of nitrogens with zero attached hydrogens (tertiary/aromatic N) is 4. The van der Waals surface area contributed by atoms with Gasteiger partial charge in [-0.2, -0.15) is 10.1 Å². The van der Waals surface area contributed by atoms with Crippen LogP contribution in [0.15, 0.2) is 47.8 Å².